The van der Waals surface area contributed by atoms with E-state index in [0.717, 1.165) is 5.56 Å². The summed E-state index contributed by atoms with van der Waals surface area (Å²) >= 11 is 0. The Bertz CT molecular complexity index is 672. The lowest BCUT2D eigenvalue weighted by Gasteiger charge is -2.06. The number of benzene rings is 2. The van der Waals surface area contributed by atoms with E-state index in [1.807, 2.05) is 18.2 Å². The summed E-state index contributed by atoms with van der Waals surface area (Å²) in [6.07, 6.45) is 0. The molecule has 0 aliphatic rings. The zero-order valence-corrected chi connectivity index (χ0v) is 12.0. The summed E-state index contributed by atoms with van der Waals surface area (Å²) in [5, 5.41) is 8.77. The number of hydrogen-bond donors (Lipinski definition) is 1. The van der Waals surface area contributed by atoms with Crippen LogP contribution >= 0.6 is 0 Å². The number of ether oxygens (including phenoxy) is 1. The summed E-state index contributed by atoms with van der Waals surface area (Å²) in [5.41, 5.74) is 1.96. The van der Waals surface area contributed by atoms with Crippen molar-refractivity contribution >= 4 is 11.8 Å². The molecule has 0 saturated carbocycles. The minimum absolute atomic E-state index is 0.0101. The van der Waals surface area contributed by atoms with Gasteiger partial charge < -0.3 is 9.84 Å². The van der Waals surface area contributed by atoms with Crippen molar-refractivity contribution < 1.29 is 19.4 Å². The number of esters is 1. The highest BCUT2D eigenvalue weighted by atomic mass is 16.5. The van der Waals surface area contributed by atoms with E-state index in [1.54, 1.807) is 36.4 Å². The lowest BCUT2D eigenvalue weighted by Crippen LogP contribution is -2.09. The molecular weight excluding hydrogens is 280 g/mol. The molecular formula is C18H16O4. The molecule has 22 heavy (non-hydrogen) atoms. The molecule has 0 aliphatic carbocycles. The van der Waals surface area contributed by atoms with E-state index in [4.69, 9.17) is 9.84 Å². The van der Waals surface area contributed by atoms with Crippen molar-refractivity contribution in [3.63, 3.8) is 0 Å². The lowest BCUT2D eigenvalue weighted by molar-refractivity contribution is -0.140. The number of carbonyl (C=O) groups excluding carboxylic acids is 2. The van der Waals surface area contributed by atoms with E-state index >= 15 is 0 Å². The van der Waals surface area contributed by atoms with Gasteiger partial charge in [0.25, 0.3) is 0 Å². The van der Waals surface area contributed by atoms with Gasteiger partial charge in [-0.3, -0.25) is 4.79 Å². The minimum atomic E-state index is -0.632. The Morgan fingerprint density at radius 2 is 1.55 bits per heavy atom. The summed E-state index contributed by atoms with van der Waals surface area (Å²) in [7, 11) is 0. The van der Waals surface area contributed by atoms with Gasteiger partial charge in [-0.1, -0.05) is 61.2 Å². The highest BCUT2D eigenvalue weighted by molar-refractivity contribution is 6.08. The number of rotatable bonds is 6. The van der Waals surface area contributed by atoms with Crippen LogP contribution in [0.5, 0.6) is 0 Å². The number of hydrogen-bond acceptors (Lipinski definition) is 4. The molecule has 0 unspecified atom stereocenters. The average molecular weight is 296 g/mol. The first kappa shape index (κ1) is 15.7. The SMILES string of the molecule is C=C(CO)C(=O)OCc1ccc(C(=O)c2ccccc2)cc1. The van der Waals surface area contributed by atoms with Gasteiger partial charge in [-0.15, -0.1) is 0 Å². The van der Waals surface area contributed by atoms with Crippen LogP contribution in [0.3, 0.4) is 0 Å². The first-order valence-electron chi connectivity index (χ1n) is 6.76. The molecule has 0 amide bonds. The van der Waals surface area contributed by atoms with Crippen LogP contribution in [0.15, 0.2) is 66.7 Å². The Morgan fingerprint density at radius 3 is 2.14 bits per heavy atom. The Hall–Kier alpha value is -2.72. The Kier molecular flexibility index (Phi) is 5.22. The molecule has 112 valence electrons. The van der Waals surface area contributed by atoms with Gasteiger partial charge >= 0.3 is 5.97 Å². The van der Waals surface area contributed by atoms with E-state index in [1.165, 1.54) is 0 Å². The third kappa shape index (κ3) is 3.90. The standard InChI is InChI=1S/C18H16O4/c1-13(11-19)18(21)22-12-14-7-9-16(10-8-14)17(20)15-5-3-2-4-6-15/h2-10,19H,1,11-12H2. The second kappa shape index (κ2) is 7.33. The van der Waals surface area contributed by atoms with Crippen LogP contribution in [0.25, 0.3) is 0 Å². The van der Waals surface area contributed by atoms with Gasteiger partial charge in [-0.05, 0) is 5.56 Å². The molecule has 1 N–H and O–H groups in total. The molecule has 0 spiro atoms. The maximum absolute atomic E-state index is 12.2. The highest BCUT2D eigenvalue weighted by Crippen LogP contribution is 2.12. The molecule has 4 heteroatoms. The predicted molar refractivity (Wildman–Crippen MR) is 82.3 cm³/mol. The summed E-state index contributed by atoms with van der Waals surface area (Å²) in [5.74, 6) is -0.690. The van der Waals surface area contributed by atoms with Gasteiger partial charge in [0.1, 0.15) is 6.61 Å². The van der Waals surface area contributed by atoms with Crippen LogP contribution < -0.4 is 0 Å². The van der Waals surface area contributed by atoms with Crippen molar-refractivity contribution in [3.05, 3.63) is 83.4 Å². The van der Waals surface area contributed by atoms with Gasteiger partial charge in [0.2, 0.25) is 0 Å². The van der Waals surface area contributed by atoms with E-state index in [-0.39, 0.29) is 18.0 Å². The fourth-order valence-corrected chi connectivity index (χ4v) is 1.82. The van der Waals surface area contributed by atoms with Crippen LogP contribution in [-0.2, 0) is 16.1 Å². The quantitative estimate of drug-likeness (QED) is 0.505. The molecule has 0 bridgehead atoms. The van der Waals surface area contributed by atoms with Crippen LogP contribution in [0.4, 0.5) is 0 Å². The first-order valence-corrected chi connectivity index (χ1v) is 6.76. The first-order chi connectivity index (χ1) is 10.6. The maximum Gasteiger partial charge on any atom is 0.336 e. The Morgan fingerprint density at radius 1 is 0.955 bits per heavy atom. The highest BCUT2D eigenvalue weighted by Gasteiger charge is 2.10. The van der Waals surface area contributed by atoms with Crippen LogP contribution in [0.2, 0.25) is 0 Å². The van der Waals surface area contributed by atoms with Crippen molar-refractivity contribution in [2.45, 2.75) is 6.61 Å². The van der Waals surface area contributed by atoms with Crippen LogP contribution in [-0.4, -0.2) is 23.5 Å². The smallest absolute Gasteiger partial charge is 0.336 e. The van der Waals surface area contributed by atoms with Crippen molar-refractivity contribution in [3.8, 4) is 0 Å². The minimum Gasteiger partial charge on any atom is -0.457 e. The lowest BCUT2D eigenvalue weighted by atomic mass is 10.0. The number of aliphatic hydroxyl groups excluding tert-OH is 1. The van der Waals surface area contributed by atoms with Gasteiger partial charge in [0.05, 0.1) is 12.2 Å². The van der Waals surface area contributed by atoms with Gasteiger partial charge in [-0.2, -0.15) is 0 Å². The van der Waals surface area contributed by atoms with Gasteiger partial charge in [-0.25, -0.2) is 4.79 Å². The fourth-order valence-electron chi connectivity index (χ4n) is 1.82. The molecule has 2 aromatic carbocycles. The zero-order valence-electron chi connectivity index (χ0n) is 12.0. The third-order valence-electron chi connectivity index (χ3n) is 3.10. The van der Waals surface area contributed by atoms with E-state index in [9.17, 15) is 9.59 Å². The second-order valence-electron chi connectivity index (χ2n) is 4.73. The summed E-state index contributed by atoms with van der Waals surface area (Å²) < 4.78 is 4.98. The molecule has 0 radical (unpaired) electrons. The average Bonchev–Trinajstić information content (AvgIpc) is 2.59. The molecule has 0 aliphatic heterocycles. The molecule has 0 aromatic heterocycles. The summed E-state index contributed by atoms with van der Waals surface area (Å²) in [6, 6.07) is 15.9. The monoisotopic (exact) mass is 296 g/mol. The van der Waals surface area contributed by atoms with Gasteiger partial charge in [0, 0.05) is 11.1 Å². The molecule has 0 saturated heterocycles. The molecule has 2 rings (SSSR count). The number of carbonyl (C=O) groups is 2. The van der Waals surface area contributed by atoms with Crippen molar-refractivity contribution in [2.24, 2.45) is 0 Å². The molecule has 0 atom stereocenters. The second-order valence-corrected chi connectivity index (χ2v) is 4.73. The summed E-state index contributed by atoms with van der Waals surface area (Å²) in [4.78, 5) is 23.6. The fraction of sp³-hybridized carbons (Fsp3) is 0.111. The van der Waals surface area contributed by atoms with Crippen molar-refractivity contribution in [2.75, 3.05) is 6.61 Å². The predicted octanol–water partition coefficient (Wildman–Crippen LogP) is 2.51. The normalized spacial score (nSPS) is 10.0. The molecule has 2 aromatic rings. The van der Waals surface area contributed by atoms with E-state index in [2.05, 4.69) is 6.58 Å². The Labute approximate surface area is 128 Å². The molecule has 0 fully saturated rings. The number of aliphatic hydroxyl groups is 1. The van der Waals surface area contributed by atoms with Crippen molar-refractivity contribution in [1.29, 1.82) is 0 Å². The zero-order chi connectivity index (χ0) is 15.9. The largest absolute Gasteiger partial charge is 0.457 e. The molecule has 4 nitrogen and oxygen atoms in total. The van der Waals surface area contributed by atoms with E-state index < -0.39 is 12.6 Å². The topological polar surface area (TPSA) is 63.6 Å². The third-order valence-corrected chi connectivity index (χ3v) is 3.10. The van der Waals surface area contributed by atoms with Gasteiger partial charge in [0.15, 0.2) is 5.78 Å². The van der Waals surface area contributed by atoms with E-state index in [0.29, 0.717) is 11.1 Å². The summed E-state index contributed by atoms with van der Waals surface area (Å²) in [6.45, 7) is 3.03. The van der Waals surface area contributed by atoms with Crippen LogP contribution in [0, 0.1) is 0 Å². The maximum atomic E-state index is 12.2. The van der Waals surface area contributed by atoms with Crippen LogP contribution in [0.1, 0.15) is 21.5 Å². The number of ketones is 1. The van der Waals surface area contributed by atoms with Crippen molar-refractivity contribution in [1.82, 2.24) is 0 Å². The molecule has 0 heterocycles. The Balaban J connectivity index is 2.00.